The Hall–Kier alpha value is -2.04. The molecule has 2 rings (SSSR count). The van der Waals surface area contributed by atoms with Gasteiger partial charge in [-0.2, -0.15) is 5.26 Å². The Labute approximate surface area is 180 Å². The molecule has 0 aliphatic rings. The van der Waals surface area contributed by atoms with Crippen molar-refractivity contribution in [3.05, 3.63) is 33.6 Å². The van der Waals surface area contributed by atoms with Crippen LogP contribution < -0.4 is 10.9 Å². The van der Waals surface area contributed by atoms with Crippen LogP contribution >= 0.6 is 23.4 Å². The van der Waals surface area contributed by atoms with E-state index >= 15 is 0 Å². The fraction of sp³-hybridized carbons (Fsp3) is 0.524. The molecule has 0 radical (unpaired) electrons. The van der Waals surface area contributed by atoms with Crippen LogP contribution in [-0.2, 0) is 11.3 Å². The number of carbonyl (C=O) groups is 1. The van der Waals surface area contributed by atoms with Crippen molar-refractivity contribution in [2.24, 2.45) is 11.8 Å². The van der Waals surface area contributed by atoms with E-state index in [9.17, 15) is 14.9 Å². The SMILES string of the molecule is CC(C)CCn1c(SCC(=O)NC(C)(C#N)C(C)C)nc2cc(Cl)ccc2c1=O. The first-order valence-electron chi connectivity index (χ1n) is 9.62. The molecule has 0 fully saturated rings. The molecule has 0 bridgehead atoms. The zero-order valence-corrected chi connectivity index (χ0v) is 19.0. The monoisotopic (exact) mass is 434 g/mol. The fourth-order valence-corrected chi connectivity index (χ4v) is 3.62. The summed E-state index contributed by atoms with van der Waals surface area (Å²) >= 11 is 7.25. The van der Waals surface area contributed by atoms with E-state index in [0.29, 0.717) is 33.5 Å². The highest BCUT2D eigenvalue weighted by Crippen LogP contribution is 2.22. The third kappa shape index (κ3) is 5.74. The van der Waals surface area contributed by atoms with E-state index in [2.05, 4.69) is 30.2 Å². The number of aromatic nitrogens is 2. The molecule has 1 atom stereocenters. The maximum Gasteiger partial charge on any atom is 0.262 e. The van der Waals surface area contributed by atoms with Crippen LogP contribution in [0.2, 0.25) is 5.02 Å². The molecule has 29 heavy (non-hydrogen) atoms. The highest BCUT2D eigenvalue weighted by atomic mass is 35.5. The number of hydrogen-bond acceptors (Lipinski definition) is 5. The maximum atomic E-state index is 13.0. The van der Waals surface area contributed by atoms with Gasteiger partial charge in [-0.15, -0.1) is 0 Å². The number of halogens is 1. The molecular formula is C21H27ClN4O2S. The van der Waals surface area contributed by atoms with Gasteiger partial charge in [0.2, 0.25) is 5.91 Å². The minimum Gasteiger partial charge on any atom is -0.337 e. The summed E-state index contributed by atoms with van der Waals surface area (Å²) in [5.41, 5.74) is -0.575. The number of nitrogens with one attached hydrogen (secondary N) is 1. The van der Waals surface area contributed by atoms with E-state index in [1.807, 2.05) is 13.8 Å². The van der Waals surface area contributed by atoms with Crippen molar-refractivity contribution >= 4 is 40.2 Å². The number of nitriles is 1. The Morgan fingerprint density at radius 3 is 2.66 bits per heavy atom. The average Bonchev–Trinajstić information content (AvgIpc) is 2.65. The van der Waals surface area contributed by atoms with Gasteiger partial charge in [-0.05, 0) is 43.4 Å². The Balaban J connectivity index is 2.32. The van der Waals surface area contributed by atoms with E-state index in [4.69, 9.17) is 11.6 Å². The fourth-order valence-electron chi connectivity index (χ4n) is 2.63. The van der Waals surface area contributed by atoms with Gasteiger partial charge in [0.15, 0.2) is 5.16 Å². The second kappa shape index (κ2) is 9.64. The van der Waals surface area contributed by atoms with Crippen molar-refractivity contribution in [3.8, 4) is 6.07 Å². The zero-order valence-electron chi connectivity index (χ0n) is 17.5. The largest absolute Gasteiger partial charge is 0.337 e. The molecule has 6 nitrogen and oxygen atoms in total. The lowest BCUT2D eigenvalue weighted by atomic mass is 9.90. The molecule has 0 aliphatic heterocycles. The number of fused-ring (bicyclic) bond motifs is 1. The normalized spacial score (nSPS) is 13.5. The van der Waals surface area contributed by atoms with Crippen LogP contribution in [0.1, 0.15) is 41.0 Å². The van der Waals surface area contributed by atoms with E-state index in [-0.39, 0.29) is 23.1 Å². The minimum atomic E-state index is -0.945. The number of rotatable bonds is 8. The Bertz CT molecular complexity index is 997. The van der Waals surface area contributed by atoms with Crippen LogP contribution in [-0.4, -0.2) is 26.8 Å². The lowest BCUT2D eigenvalue weighted by Crippen LogP contribution is -2.49. The van der Waals surface area contributed by atoms with E-state index in [1.165, 1.54) is 11.8 Å². The van der Waals surface area contributed by atoms with Crippen molar-refractivity contribution in [3.63, 3.8) is 0 Å². The van der Waals surface area contributed by atoms with Crippen molar-refractivity contribution in [1.82, 2.24) is 14.9 Å². The number of benzene rings is 1. The van der Waals surface area contributed by atoms with Gasteiger partial charge in [0.1, 0.15) is 5.54 Å². The van der Waals surface area contributed by atoms with Crippen LogP contribution in [0.3, 0.4) is 0 Å². The molecule has 2 aromatic rings. The topological polar surface area (TPSA) is 87.8 Å². The molecule has 1 aromatic carbocycles. The van der Waals surface area contributed by atoms with Gasteiger partial charge in [0.25, 0.3) is 5.56 Å². The molecule has 0 saturated heterocycles. The average molecular weight is 435 g/mol. The molecule has 0 aliphatic carbocycles. The minimum absolute atomic E-state index is 0.0355. The van der Waals surface area contributed by atoms with Crippen LogP contribution in [0.4, 0.5) is 0 Å². The Morgan fingerprint density at radius 2 is 2.07 bits per heavy atom. The number of carbonyl (C=O) groups excluding carboxylic acids is 1. The van der Waals surface area contributed by atoms with Crippen molar-refractivity contribution in [1.29, 1.82) is 5.26 Å². The number of nitrogens with zero attached hydrogens (tertiary/aromatic N) is 3. The predicted octanol–water partition coefficient (Wildman–Crippen LogP) is 4.24. The molecule has 0 spiro atoms. The second-order valence-corrected chi connectivity index (χ2v) is 9.38. The molecule has 8 heteroatoms. The third-order valence-electron chi connectivity index (χ3n) is 4.93. The van der Waals surface area contributed by atoms with Gasteiger partial charge in [0, 0.05) is 11.6 Å². The lowest BCUT2D eigenvalue weighted by Gasteiger charge is -2.27. The highest BCUT2D eigenvalue weighted by molar-refractivity contribution is 7.99. The molecular weight excluding hydrogens is 408 g/mol. The second-order valence-electron chi connectivity index (χ2n) is 8.00. The van der Waals surface area contributed by atoms with E-state index in [1.54, 1.807) is 29.7 Å². The summed E-state index contributed by atoms with van der Waals surface area (Å²) in [6.07, 6.45) is 0.820. The van der Waals surface area contributed by atoms with Gasteiger partial charge in [-0.25, -0.2) is 4.98 Å². The zero-order chi connectivity index (χ0) is 21.8. The molecule has 1 unspecified atom stereocenters. The lowest BCUT2D eigenvalue weighted by molar-refractivity contribution is -0.120. The summed E-state index contributed by atoms with van der Waals surface area (Å²) in [4.78, 5) is 30.1. The number of amides is 1. The third-order valence-corrected chi connectivity index (χ3v) is 6.14. The number of hydrogen-bond donors (Lipinski definition) is 1. The summed E-state index contributed by atoms with van der Waals surface area (Å²) in [7, 11) is 0. The quantitative estimate of drug-likeness (QED) is 0.495. The van der Waals surface area contributed by atoms with Crippen molar-refractivity contribution in [2.45, 2.75) is 58.3 Å². The van der Waals surface area contributed by atoms with Crippen LogP contribution in [0.15, 0.2) is 28.2 Å². The first kappa shape index (κ1) is 23.2. The number of thioether (sulfide) groups is 1. The molecule has 1 amide bonds. The summed E-state index contributed by atoms with van der Waals surface area (Å²) in [5.74, 6) is 0.172. The summed E-state index contributed by atoms with van der Waals surface area (Å²) < 4.78 is 1.63. The molecule has 1 N–H and O–H groups in total. The first-order chi connectivity index (χ1) is 13.6. The standard InChI is InChI=1S/C21H27ClN4O2S/c1-13(2)8-9-26-19(28)16-7-6-15(22)10-17(16)24-20(26)29-11-18(27)25-21(5,12-23)14(3)4/h6-7,10,13-14H,8-9,11H2,1-5H3,(H,25,27). The van der Waals surface area contributed by atoms with Gasteiger partial charge in [-0.1, -0.05) is 51.1 Å². The maximum absolute atomic E-state index is 13.0. The van der Waals surface area contributed by atoms with Crippen molar-refractivity contribution in [2.75, 3.05) is 5.75 Å². The summed E-state index contributed by atoms with van der Waals surface area (Å²) in [5, 5.41) is 13.7. The van der Waals surface area contributed by atoms with Crippen LogP contribution in [0.5, 0.6) is 0 Å². The van der Waals surface area contributed by atoms with Gasteiger partial charge < -0.3 is 5.32 Å². The summed E-state index contributed by atoms with van der Waals surface area (Å²) in [6, 6.07) is 7.17. The molecule has 1 heterocycles. The van der Waals surface area contributed by atoms with E-state index in [0.717, 1.165) is 6.42 Å². The molecule has 1 aromatic heterocycles. The molecule has 0 saturated carbocycles. The Morgan fingerprint density at radius 1 is 1.38 bits per heavy atom. The first-order valence-corrected chi connectivity index (χ1v) is 11.0. The Kier molecular flexibility index (Phi) is 7.73. The van der Waals surface area contributed by atoms with Crippen LogP contribution in [0.25, 0.3) is 10.9 Å². The van der Waals surface area contributed by atoms with Crippen molar-refractivity contribution < 1.29 is 4.79 Å². The highest BCUT2D eigenvalue weighted by Gasteiger charge is 2.30. The van der Waals surface area contributed by atoms with Gasteiger partial charge in [0.05, 0.1) is 22.7 Å². The smallest absolute Gasteiger partial charge is 0.262 e. The molecule has 156 valence electrons. The van der Waals surface area contributed by atoms with Crippen LogP contribution in [0, 0.1) is 23.2 Å². The van der Waals surface area contributed by atoms with Gasteiger partial charge in [-0.3, -0.25) is 14.2 Å². The van der Waals surface area contributed by atoms with E-state index < -0.39 is 5.54 Å². The summed E-state index contributed by atoms with van der Waals surface area (Å²) in [6.45, 7) is 10.2. The van der Waals surface area contributed by atoms with Gasteiger partial charge >= 0.3 is 0 Å². The predicted molar refractivity (Wildman–Crippen MR) is 118 cm³/mol.